The Morgan fingerprint density at radius 1 is 1.27 bits per heavy atom. The van der Waals surface area contributed by atoms with Crippen molar-refractivity contribution in [2.24, 2.45) is 0 Å². The molecule has 0 bridgehead atoms. The first-order chi connectivity index (χ1) is 10.3. The van der Waals surface area contributed by atoms with Crippen LogP contribution in [0.5, 0.6) is 0 Å². The molecule has 0 spiro atoms. The number of urea groups is 1. The smallest absolute Gasteiger partial charge is 0.320 e. The Bertz CT molecular complexity index is 499. The number of amides is 2. The molecule has 2 atom stereocenters. The van der Waals surface area contributed by atoms with Gasteiger partial charge in [-0.1, -0.05) is 30.3 Å². The van der Waals surface area contributed by atoms with Crippen LogP contribution in [0.15, 0.2) is 30.3 Å². The summed E-state index contributed by atoms with van der Waals surface area (Å²) >= 11 is 0. The zero-order valence-electron chi connectivity index (χ0n) is 14.4. The number of hydrogen-bond donors (Lipinski definition) is 0. The third-order valence-electron chi connectivity index (χ3n) is 4.37. The number of ether oxygens (including phenoxy) is 1. The van der Waals surface area contributed by atoms with Crippen molar-refractivity contribution in [2.45, 2.75) is 51.3 Å². The highest BCUT2D eigenvalue weighted by atomic mass is 16.5. The van der Waals surface area contributed by atoms with Crippen molar-refractivity contribution >= 4 is 6.03 Å². The van der Waals surface area contributed by atoms with E-state index in [2.05, 4.69) is 32.9 Å². The Morgan fingerprint density at radius 2 is 1.91 bits per heavy atom. The maximum Gasteiger partial charge on any atom is 0.320 e. The van der Waals surface area contributed by atoms with Gasteiger partial charge in [-0.05, 0) is 39.2 Å². The zero-order chi connectivity index (χ0) is 16.3. The summed E-state index contributed by atoms with van der Waals surface area (Å²) in [6, 6.07) is 10.6. The third-order valence-corrected chi connectivity index (χ3v) is 4.37. The molecule has 1 saturated heterocycles. The van der Waals surface area contributed by atoms with Gasteiger partial charge < -0.3 is 14.5 Å². The van der Waals surface area contributed by atoms with E-state index in [-0.39, 0.29) is 23.7 Å². The van der Waals surface area contributed by atoms with Crippen LogP contribution in [0.4, 0.5) is 4.79 Å². The molecular formula is C18H28N2O2. The predicted molar refractivity (Wildman–Crippen MR) is 88.8 cm³/mol. The Balaban J connectivity index is 2.28. The summed E-state index contributed by atoms with van der Waals surface area (Å²) in [5.41, 5.74) is 0.992. The number of carbonyl (C=O) groups excluding carboxylic acids is 1. The largest absolute Gasteiger partial charge is 0.375 e. The molecule has 1 aromatic rings. The summed E-state index contributed by atoms with van der Waals surface area (Å²) in [6.45, 7) is 7.02. The molecule has 0 N–H and O–H groups in total. The lowest BCUT2D eigenvalue weighted by Gasteiger charge is -2.44. The molecule has 2 amide bonds. The first-order valence-electron chi connectivity index (χ1n) is 8.00. The molecule has 0 radical (unpaired) electrons. The Morgan fingerprint density at radius 3 is 2.45 bits per heavy atom. The topological polar surface area (TPSA) is 32.8 Å². The van der Waals surface area contributed by atoms with Gasteiger partial charge in [0.05, 0.1) is 11.6 Å². The molecule has 1 heterocycles. The Labute approximate surface area is 134 Å². The molecule has 1 fully saturated rings. The van der Waals surface area contributed by atoms with Crippen molar-refractivity contribution in [3.8, 4) is 0 Å². The third kappa shape index (κ3) is 3.80. The van der Waals surface area contributed by atoms with Crippen LogP contribution in [0.25, 0.3) is 0 Å². The molecule has 1 aromatic carbocycles. The van der Waals surface area contributed by atoms with Gasteiger partial charge in [-0.25, -0.2) is 4.79 Å². The normalized spacial score (nSPS) is 22.0. The summed E-state index contributed by atoms with van der Waals surface area (Å²) in [5, 5.41) is 0. The first kappa shape index (κ1) is 16.8. The molecule has 0 unspecified atom stereocenters. The monoisotopic (exact) mass is 304 g/mol. The number of nitrogens with zero attached hydrogens (tertiary/aromatic N) is 2. The van der Waals surface area contributed by atoms with Crippen LogP contribution < -0.4 is 0 Å². The number of carbonyl (C=O) groups is 1. The fourth-order valence-corrected chi connectivity index (χ4v) is 3.20. The molecule has 0 saturated carbocycles. The first-order valence-corrected chi connectivity index (χ1v) is 8.00. The van der Waals surface area contributed by atoms with Crippen molar-refractivity contribution in [1.82, 2.24) is 9.80 Å². The fourth-order valence-electron chi connectivity index (χ4n) is 3.20. The molecular weight excluding hydrogens is 276 g/mol. The molecule has 2 rings (SSSR count). The van der Waals surface area contributed by atoms with Gasteiger partial charge in [0.15, 0.2) is 0 Å². The maximum absolute atomic E-state index is 12.8. The average molecular weight is 304 g/mol. The molecule has 0 aromatic heterocycles. The summed E-state index contributed by atoms with van der Waals surface area (Å²) in [6.07, 6.45) is 1.75. The van der Waals surface area contributed by atoms with E-state index in [1.54, 1.807) is 4.90 Å². The minimum absolute atomic E-state index is 0.0509. The van der Waals surface area contributed by atoms with Crippen molar-refractivity contribution in [3.63, 3.8) is 0 Å². The number of hydrogen-bond acceptors (Lipinski definition) is 2. The van der Waals surface area contributed by atoms with E-state index in [1.807, 2.05) is 37.2 Å². The van der Waals surface area contributed by atoms with Crippen LogP contribution in [0.2, 0.25) is 0 Å². The highest BCUT2D eigenvalue weighted by Crippen LogP contribution is 2.33. The highest BCUT2D eigenvalue weighted by Gasteiger charge is 2.37. The lowest BCUT2D eigenvalue weighted by Crippen LogP contribution is -2.52. The molecule has 4 heteroatoms. The molecule has 1 aliphatic rings. The van der Waals surface area contributed by atoms with Crippen molar-refractivity contribution in [1.29, 1.82) is 0 Å². The van der Waals surface area contributed by atoms with Gasteiger partial charge in [-0.3, -0.25) is 0 Å². The molecule has 122 valence electrons. The lowest BCUT2D eigenvalue weighted by atomic mass is 9.91. The minimum Gasteiger partial charge on any atom is -0.375 e. The minimum atomic E-state index is -0.176. The van der Waals surface area contributed by atoms with Crippen molar-refractivity contribution < 1.29 is 9.53 Å². The number of rotatable bonds is 3. The quantitative estimate of drug-likeness (QED) is 0.853. The Kier molecular flexibility index (Phi) is 5.12. The molecule has 1 aliphatic heterocycles. The summed E-state index contributed by atoms with van der Waals surface area (Å²) in [4.78, 5) is 16.5. The zero-order valence-corrected chi connectivity index (χ0v) is 14.4. The van der Waals surface area contributed by atoms with E-state index < -0.39 is 0 Å². The van der Waals surface area contributed by atoms with E-state index in [1.165, 1.54) is 5.56 Å². The highest BCUT2D eigenvalue weighted by molar-refractivity contribution is 5.74. The van der Waals surface area contributed by atoms with Gasteiger partial charge in [-0.15, -0.1) is 0 Å². The van der Waals surface area contributed by atoms with Crippen LogP contribution in [-0.2, 0) is 4.74 Å². The fraction of sp³-hybridized carbons (Fsp3) is 0.611. The molecule has 4 nitrogen and oxygen atoms in total. The van der Waals surface area contributed by atoms with E-state index >= 15 is 0 Å². The second-order valence-corrected chi connectivity index (χ2v) is 6.93. The van der Waals surface area contributed by atoms with Gasteiger partial charge in [0, 0.05) is 26.7 Å². The van der Waals surface area contributed by atoms with Gasteiger partial charge in [0.2, 0.25) is 0 Å². The van der Waals surface area contributed by atoms with Crippen molar-refractivity contribution in [3.05, 3.63) is 35.9 Å². The predicted octanol–water partition coefficient (Wildman–Crippen LogP) is 3.69. The Hall–Kier alpha value is -1.55. The van der Waals surface area contributed by atoms with Crippen LogP contribution in [0, 0.1) is 0 Å². The van der Waals surface area contributed by atoms with Gasteiger partial charge in [-0.2, -0.15) is 0 Å². The number of benzene rings is 1. The van der Waals surface area contributed by atoms with Crippen molar-refractivity contribution in [2.75, 3.05) is 20.7 Å². The summed E-state index contributed by atoms with van der Waals surface area (Å²) < 4.78 is 5.82. The summed E-state index contributed by atoms with van der Waals surface area (Å²) in [5.74, 6) is 0. The van der Waals surface area contributed by atoms with E-state index in [4.69, 9.17) is 4.74 Å². The molecule has 22 heavy (non-hydrogen) atoms. The second-order valence-electron chi connectivity index (χ2n) is 6.93. The summed E-state index contributed by atoms with van der Waals surface area (Å²) in [7, 11) is 3.63. The van der Waals surface area contributed by atoms with Gasteiger partial charge in [0.1, 0.15) is 0 Å². The van der Waals surface area contributed by atoms with Gasteiger partial charge >= 0.3 is 6.03 Å². The van der Waals surface area contributed by atoms with Gasteiger partial charge in [0.25, 0.3) is 0 Å². The molecule has 0 aliphatic carbocycles. The lowest BCUT2D eigenvalue weighted by molar-refractivity contribution is -0.0820. The second kappa shape index (κ2) is 6.69. The van der Waals surface area contributed by atoms with Crippen LogP contribution in [0.1, 0.15) is 45.2 Å². The van der Waals surface area contributed by atoms with E-state index in [9.17, 15) is 4.79 Å². The maximum atomic E-state index is 12.8. The van der Waals surface area contributed by atoms with E-state index in [0.29, 0.717) is 6.61 Å². The average Bonchev–Trinajstić information content (AvgIpc) is 2.47. The van der Waals surface area contributed by atoms with Crippen LogP contribution >= 0.6 is 0 Å². The van der Waals surface area contributed by atoms with E-state index in [0.717, 1.165) is 12.8 Å². The van der Waals surface area contributed by atoms with Crippen LogP contribution in [0.3, 0.4) is 0 Å². The van der Waals surface area contributed by atoms with Crippen LogP contribution in [-0.4, -0.2) is 48.2 Å². The standard InChI is InChI=1S/C18H28N2O2/c1-14(15-9-7-6-8-10-15)20(17(21)19(4)5)16-11-12-22-18(2,3)13-16/h6-10,14,16H,11-13H2,1-5H3/t14-,16+/m1/s1. The SMILES string of the molecule is C[C@H](c1ccccc1)N(C(=O)N(C)C)[C@H]1CCOC(C)(C)C1.